The van der Waals surface area contributed by atoms with Gasteiger partial charge in [-0.3, -0.25) is 0 Å². The number of hydrogen-bond acceptors (Lipinski definition) is 5. The Morgan fingerprint density at radius 2 is 2.05 bits per heavy atom. The quantitative estimate of drug-likeness (QED) is 0.863. The van der Waals surface area contributed by atoms with Crippen LogP contribution in [0.15, 0.2) is 18.2 Å². The molecular formula is C14H16F2O5. The summed E-state index contributed by atoms with van der Waals surface area (Å²) in [6.07, 6.45) is -1.64. The smallest absolute Gasteiger partial charge is 0.380 e. The van der Waals surface area contributed by atoms with Gasteiger partial charge in [-0.1, -0.05) is 6.07 Å². The summed E-state index contributed by atoms with van der Waals surface area (Å²) in [5, 5.41) is 9.77. The fourth-order valence-electron chi connectivity index (χ4n) is 1.90. The molecule has 7 heteroatoms. The molecule has 0 fully saturated rings. The Labute approximate surface area is 120 Å². The highest BCUT2D eigenvalue weighted by Crippen LogP contribution is 2.37. The van der Waals surface area contributed by atoms with Gasteiger partial charge >= 0.3 is 11.9 Å². The highest BCUT2D eigenvalue weighted by molar-refractivity contribution is 5.78. The summed E-state index contributed by atoms with van der Waals surface area (Å²) in [5.41, 5.74) is -0.141. The molecule has 0 saturated heterocycles. The van der Waals surface area contributed by atoms with Gasteiger partial charge in [0.25, 0.3) is 0 Å². The summed E-state index contributed by atoms with van der Waals surface area (Å²) >= 11 is 0. The second-order valence-corrected chi connectivity index (χ2v) is 4.50. The number of benzene rings is 1. The van der Waals surface area contributed by atoms with E-state index in [-0.39, 0.29) is 17.9 Å². The van der Waals surface area contributed by atoms with E-state index >= 15 is 0 Å². The van der Waals surface area contributed by atoms with Crippen LogP contribution in [0.3, 0.4) is 0 Å². The lowest BCUT2D eigenvalue weighted by molar-refractivity contribution is -0.189. The third-order valence-electron chi connectivity index (χ3n) is 2.98. The molecule has 0 aromatic heterocycles. The number of aliphatic hydroxyl groups excluding tert-OH is 1. The molecule has 1 aromatic carbocycles. The molecule has 0 spiro atoms. The van der Waals surface area contributed by atoms with Crippen molar-refractivity contribution >= 4 is 5.97 Å². The van der Waals surface area contributed by atoms with Crippen molar-refractivity contribution in [2.75, 3.05) is 19.8 Å². The van der Waals surface area contributed by atoms with Crippen LogP contribution in [-0.2, 0) is 9.53 Å². The van der Waals surface area contributed by atoms with Gasteiger partial charge in [0.15, 0.2) is 17.6 Å². The largest absolute Gasteiger partial charge is 0.490 e. The molecule has 21 heavy (non-hydrogen) atoms. The zero-order valence-corrected chi connectivity index (χ0v) is 11.5. The lowest BCUT2D eigenvalue weighted by Crippen LogP contribution is -2.37. The molecule has 0 radical (unpaired) electrons. The van der Waals surface area contributed by atoms with Crippen molar-refractivity contribution in [3.8, 4) is 11.5 Å². The first-order valence-corrected chi connectivity index (χ1v) is 6.59. The van der Waals surface area contributed by atoms with Crippen molar-refractivity contribution in [1.82, 2.24) is 0 Å². The zero-order chi connectivity index (χ0) is 15.5. The number of alkyl halides is 2. The van der Waals surface area contributed by atoms with Gasteiger partial charge in [0.05, 0.1) is 19.8 Å². The molecule has 5 nitrogen and oxygen atoms in total. The number of rotatable bonds is 4. The minimum Gasteiger partial charge on any atom is -0.490 e. The van der Waals surface area contributed by atoms with E-state index in [0.717, 1.165) is 0 Å². The monoisotopic (exact) mass is 302 g/mol. The summed E-state index contributed by atoms with van der Waals surface area (Å²) in [4.78, 5) is 11.2. The third-order valence-corrected chi connectivity index (χ3v) is 2.98. The maximum Gasteiger partial charge on any atom is 0.380 e. The second-order valence-electron chi connectivity index (χ2n) is 4.50. The molecule has 1 atom stereocenters. The average molecular weight is 302 g/mol. The normalized spacial score (nSPS) is 16.0. The van der Waals surface area contributed by atoms with E-state index < -0.39 is 18.0 Å². The highest BCUT2D eigenvalue weighted by atomic mass is 19.3. The maximum atomic E-state index is 13.8. The van der Waals surface area contributed by atoms with E-state index in [1.54, 1.807) is 0 Å². The predicted molar refractivity (Wildman–Crippen MR) is 68.6 cm³/mol. The Morgan fingerprint density at radius 1 is 1.38 bits per heavy atom. The van der Waals surface area contributed by atoms with Crippen LogP contribution in [0.25, 0.3) is 0 Å². The van der Waals surface area contributed by atoms with E-state index in [1.165, 1.54) is 25.1 Å². The Hall–Kier alpha value is -1.89. The molecule has 0 amide bonds. The van der Waals surface area contributed by atoms with Gasteiger partial charge in [-0.2, -0.15) is 8.78 Å². The molecule has 1 aliphatic heterocycles. The second kappa shape index (κ2) is 6.26. The summed E-state index contributed by atoms with van der Waals surface area (Å²) in [6.45, 7) is 2.07. The van der Waals surface area contributed by atoms with Gasteiger partial charge < -0.3 is 19.3 Å². The molecule has 2 rings (SSSR count). The van der Waals surface area contributed by atoms with Crippen LogP contribution < -0.4 is 9.47 Å². The number of halogens is 2. The summed E-state index contributed by atoms with van der Waals surface area (Å²) in [5.74, 6) is -5.10. The average Bonchev–Trinajstić information content (AvgIpc) is 2.71. The lowest BCUT2D eigenvalue weighted by Gasteiger charge is -2.21. The third kappa shape index (κ3) is 3.24. The predicted octanol–water partition coefficient (Wildman–Crippen LogP) is 2.08. The van der Waals surface area contributed by atoms with Crippen LogP contribution in [0.5, 0.6) is 11.5 Å². The first-order valence-electron chi connectivity index (χ1n) is 6.59. The minimum absolute atomic E-state index is 0.141. The van der Waals surface area contributed by atoms with Crippen LogP contribution in [0.2, 0.25) is 0 Å². The maximum absolute atomic E-state index is 13.8. The van der Waals surface area contributed by atoms with E-state index in [1.807, 2.05) is 0 Å². The number of aliphatic hydroxyl groups is 1. The highest BCUT2D eigenvalue weighted by Gasteiger charge is 2.49. The molecule has 1 aliphatic rings. The topological polar surface area (TPSA) is 65.0 Å². The summed E-state index contributed by atoms with van der Waals surface area (Å²) in [7, 11) is 0. The Balaban J connectivity index is 2.25. The van der Waals surface area contributed by atoms with Crippen LogP contribution in [-0.4, -0.2) is 36.8 Å². The molecule has 0 saturated carbocycles. The minimum atomic E-state index is -4.03. The van der Waals surface area contributed by atoms with Crippen LogP contribution in [0.4, 0.5) is 8.78 Å². The SMILES string of the molecule is CCOC(=O)C(F)(F)C(O)c1ccc2c(c1)OCCCO2. The lowest BCUT2D eigenvalue weighted by atomic mass is 10.0. The van der Waals surface area contributed by atoms with Gasteiger partial charge in [0.1, 0.15) is 0 Å². The van der Waals surface area contributed by atoms with Crippen molar-refractivity contribution < 1.29 is 32.9 Å². The number of hydrogen-bond donors (Lipinski definition) is 1. The van der Waals surface area contributed by atoms with E-state index in [2.05, 4.69) is 4.74 Å². The zero-order valence-electron chi connectivity index (χ0n) is 11.5. The van der Waals surface area contributed by atoms with Crippen molar-refractivity contribution in [1.29, 1.82) is 0 Å². The molecule has 0 bridgehead atoms. The molecule has 0 aliphatic carbocycles. The first kappa shape index (κ1) is 15.5. The van der Waals surface area contributed by atoms with Crippen molar-refractivity contribution in [2.45, 2.75) is 25.4 Å². The number of ether oxygens (including phenoxy) is 3. The number of carbonyl (C=O) groups is 1. The van der Waals surface area contributed by atoms with Crippen molar-refractivity contribution in [2.24, 2.45) is 0 Å². The molecule has 1 heterocycles. The Morgan fingerprint density at radius 3 is 2.71 bits per heavy atom. The molecule has 116 valence electrons. The Bertz CT molecular complexity index is 518. The van der Waals surface area contributed by atoms with Crippen LogP contribution in [0, 0.1) is 0 Å². The summed E-state index contributed by atoms with van der Waals surface area (Å²) < 4.78 is 42.6. The van der Waals surface area contributed by atoms with E-state index in [4.69, 9.17) is 9.47 Å². The molecule has 1 unspecified atom stereocenters. The summed E-state index contributed by atoms with van der Waals surface area (Å²) in [6, 6.07) is 3.95. The van der Waals surface area contributed by atoms with Gasteiger partial charge in [-0.05, 0) is 24.6 Å². The standard InChI is InChI=1S/C14H16F2O5/c1-2-19-13(18)14(15,16)12(17)9-4-5-10-11(8-9)21-7-3-6-20-10/h4-5,8,12,17H,2-3,6-7H2,1H3. The van der Waals surface area contributed by atoms with E-state index in [9.17, 15) is 18.7 Å². The van der Waals surface area contributed by atoms with Crippen molar-refractivity contribution in [3.05, 3.63) is 23.8 Å². The fourth-order valence-corrected chi connectivity index (χ4v) is 1.90. The van der Waals surface area contributed by atoms with Gasteiger partial charge in [0.2, 0.25) is 0 Å². The van der Waals surface area contributed by atoms with E-state index in [0.29, 0.717) is 25.4 Å². The fraction of sp³-hybridized carbons (Fsp3) is 0.500. The first-order chi connectivity index (χ1) is 9.96. The number of carbonyl (C=O) groups excluding carboxylic acids is 1. The van der Waals surface area contributed by atoms with Crippen LogP contribution >= 0.6 is 0 Å². The molecule has 1 aromatic rings. The van der Waals surface area contributed by atoms with Gasteiger partial charge in [-0.15, -0.1) is 0 Å². The van der Waals surface area contributed by atoms with Crippen molar-refractivity contribution in [3.63, 3.8) is 0 Å². The molecular weight excluding hydrogens is 286 g/mol. The number of fused-ring (bicyclic) bond motifs is 1. The van der Waals surface area contributed by atoms with Gasteiger partial charge in [0, 0.05) is 6.42 Å². The molecule has 1 N–H and O–H groups in total. The number of esters is 1. The van der Waals surface area contributed by atoms with Crippen LogP contribution in [0.1, 0.15) is 25.0 Å². The van der Waals surface area contributed by atoms with Gasteiger partial charge in [-0.25, -0.2) is 4.79 Å². The Kier molecular flexibility index (Phi) is 4.62.